The second-order valence-corrected chi connectivity index (χ2v) is 13.4. The van der Waals surface area contributed by atoms with Crippen molar-refractivity contribution in [3.05, 3.63) is 25.3 Å². The van der Waals surface area contributed by atoms with Gasteiger partial charge in [-0.25, -0.2) is 34.5 Å². The molecule has 0 radical (unpaired) electrons. The van der Waals surface area contributed by atoms with Crippen molar-refractivity contribution in [2.45, 2.75) is 49.7 Å². The first-order valence-electron chi connectivity index (χ1n) is 12.4. The third kappa shape index (κ3) is 5.11. The average Bonchev–Trinajstić information content (AvgIpc) is 3.71. The minimum absolute atomic E-state index is 0.146. The molecule has 0 saturated carbocycles. The largest absolute Gasteiger partial charge is 0.386 e. The monoisotopic (exact) mass is 626 g/mol. The first kappa shape index (κ1) is 27.1. The van der Waals surface area contributed by atoms with Crippen LogP contribution in [0.3, 0.4) is 0 Å². The van der Waals surface area contributed by atoms with E-state index in [1.54, 1.807) is 9.13 Å². The van der Waals surface area contributed by atoms with Gasteiger partial charge in [0.15, 0.2) is 29.2 Å². The Morgan fingerprint density at radius 3 is 2.29 bits per heavy atom. The normalized spacial score (nSPS) is 34.7. The molecule has 0 amide bonds. The molecule has 218 valence electrons. The number of anilines is 2. The Bertz CT molecular complexity index is 1690. The molecule has 4 aromatic heterocycles. The van der Waals surface area contributed by atoms with Crippen molar-refractivity contribution in [2.75, 3.05) is 24.7 Å². The van der Waals surface area contributed by atoms with E-state index in [2.05, 4.69) is 42.2 Å². The van der Waals surface area contributed by atoms with Gasteiger partial charge in [0.1, 0.15) is 48.2 Å². The molecule has 3 aliphatic heterocycles. The molecular formula is C20H24N10O8P2S. The summed E-state index contributed by atoms with van der Waals surface area (Å²) in [4.78, 5) is 24.9. The number of thiol groups is 1. The highest BCUT2D eigenvalue weighted by Crippen LogP contribution is 2.57. The van der Waals surface area contributed by atoms with Crippen LogP contribution in [0.5, 0.6) is 0 Å². The third-order valence-corrected chi connectivity index (χ3v) is 9.53. The SMILES string of the molecule is Nc1ncnc2c1ncn2[C@@H]1O[C@@H]2CO[P@@](=O)(S)O[C@H]3C[C@H](n4cnc5c(N)ncnc54)O[C@@H]3CO[PH](=O)O[C@@H]1C2. The predicted molar refractivity (Wildman–Crippen MR) is 144 cm³/mol. The lowest BCUT2D eigenvalue weighted by molar-refractivity contribution is -0.0550. The molecule has 0 spiro atoms. The lowest BCUT2D eigenvalue weighted by Gasteiger charge is -2.24. The van der Waals surface area contributed by atoms with E-state index in [-0.39, 0.29) is 37.7 Å². The lowest BCUT2D eigenvalue weighted by atomic mass is 10.2. The van der Waals surface area contributed by atoms with Gasteiger partial charge in [-0.1, -0.05) is 12.2 Å². The molecule has 21 heteroatoms. The van der Waals surface area contributed by atoms with Gasteiger partial charge in [0.05, 0.1) is 32.0 Å². The number of rotatable bonds is 2. The summed E-state index contributed by atoms with van der Waals surface area (Å²) >= 11 is 4.19. The van der Waals surface area contributed by atoms with E-state index >= 15 is 0 Å². The van der Waals surface area contributed by atoms with Crippen LogP contribution in [0.4, 0.5) is 11.6 Å². The number of imidazole rings is 2. The second kappa shape index (κ2) is 10.5. The molecule has 41 heavy (non-hydrogen) atoms. The molecule has 0 aromatic carbocycles. The maximum absolute atomic E-state index is 13.3. The standard InChI is InChI=1S/C20H24N10O8P2S/c21-16-14-18(25-5-23-16)29(7-27-14)13-2-10-12(36-13)4-33-39(31)37-11-1-9(3-34-40(32,41)38-10)35-20(11)30-8-28-15-17(22)24-6-26-19(15)30/h5-13,20,39H,1-4H2,(H,32,41)(H2,21,23,25)(H2,22,24,26)/t9-,10-,11+,12+,13+,20+,40+/m0/s1. The van der Waals surface area contributed by atoms with Gasteiger partial charge >= 0.3 is 15.1 Å². The van der Waals surface area contributed by atoms with Gasteiger partial charge < -0.3 is 30.0 Å². The summed E-state index contributed by atoms with van der Waals surface area (Å²) in [7, 11) is -3.07. The highest BCUT2D eigenvalue weighted by atomic mass is 32.7. The van der Waals surface area contributed by atoms with Gasteiger partial charge in [-0.2, -0.15) is 0 Å². The van der Waals surface area contributed by atoms with Crippen LogP contribution < -0.4 is 11.5 Å². The molecule has 3 fully saturated rings. The Labute approximate surface area is 236 Å². The summed E-state index contributed by atoms with van der Waals surface area (Å²) in [5.74, 6) is 0.410. The molecule has 7 heterocycles. The van der Waals surface area contributed by atoms with Crippen LogP contribution in [0.25, 0.3) is 22.3 Å². The number of hydrogen-bond acceptors (Lipinski definition) is 16. The predicted octanol–water partition coefficient (Wildman–Crippen LogP) is 1.65. The van der Waals surface area contributed by atoms with E-state index in [9.17, 15) is 9.13 Å². The zero-order valence-electron chi connectivity index (χ0n) is 21.0. The van der Waals surface area contributed by atoms with Gasteiger partial charge in [0.2, 0.25) is 0 Å². The van der Waals surface area contributed by atoms with Crippen molar-refractivity contribution in [1.29, 1.82) is 0 Å². The van der Waals surface area contributed by atoms with E-state index in [0.29, 0.717) is 22.3 Å². The Morgan fingerprint density at radius 1 is 0.878 bits per heavy atom. The number of aromatic nitrogens is 8. The molecule has 18 nitrogen and oxygen atoms in total. The van der Waals surface area contributed by atoms with E-state index in [4.69, 9.17) is 39.0 Å². The van der Waals surface area contributed by atoms with Crippen LogP contribution in [0.15, 0.2) is 25.3 Å². The van der Waals surface area contributed by atoms with E-state index in [1.807, 2.05) is 0 Å². The molecule has 3 saturated heterocycles. The fourth-order valence-corrected chi connectivity index (χ4v) is 7.50. The van der Waals surface area contributed by atoms with Crippen LogP contribution in [0.1, 0.15) is 25.3 Å². The van der Waals surface area contributed by atoms with Crippen molar-refractivity contribution in [3.63, 3.8) is 0 Å². The van der Waals surface area contributed by atoms with Gasteiger partial charge in [-0.15, -0.1) is 0 Å². The second-order valence-electron chi connectivity index (χ2n) is 9.54. The minimum Gasteiger partial charge on any atom is -0.382 e. The van der Waals surface area contributed by atoms with Crippen molar-refractivity contribution >= 4 is 61.3 Å². The zero-order chi connectivity index (χ0) is 28.3. The van der Waals surface area contributed by atoms with Gasteiger partial charge in [-0.05, 0) is 0 Å². The van der Waals surface area contributed by atoms with Crippen LogP contribution in [-0.2, 0) is 36.7 Å². The summed E-state index contributed by atoms with van der Waals surface area (Å²) in [6, 6.07) is 0. The molecule has 4 N–H and O–H groups in total. The van der Waals surface area contributed by atoms with Crippen LogP contribution in [0, 0.1) is 0 Å². The number of nitrogens with zero attached hydrogens (tertiary/aromatic N) is 8. The molecule has 8 atom stereocenters. The van der Waals surface area contributed by atoms with Gasteiger partial charge in [0.25, 0.3) is 0 Å². The minimum atomic E-state index is -3.91. The van der Waals surface area contributed by atoms with Crippen molar-refractivity contribution in [3.8, 4) is 0 Å². The Kier molecular flexibility index (Phi) is 6.96. The Hall–Kier alpha value is -2.73. The highest BCUT2D eigenvalue weighted by molar-refractivity contribution is 8.44. The van der Waals surface area contributed by atoms with E-state index in [1.165, 1.54) is 25.3 Å². The number of hydrogen-bond donors (Lipinski definition) is 3. The maximum atomic E-state index is 13.3. The first-order valence-corrected chi connectivity index (χ1v) is 16.3. The van der Waals surface area contributed by atoms with Gasteiger partial charge in [0, 0.05) is 12.8 Å². The number of nitrogen functional groups attached to an aromatic ring is 2. The number of nitrogens with two attached hydrogens (primary N) is 2. The quantitative estimate of drug-likeness (QED) is 0.212. The van der Waals surface area contributed by atoms with Gasteiger partial charge in [-0.3, -0.25) is 22.7 Å². The molecule has 3 aliphatic rings. The molecule has 4 aromatic rings. The van der Waals surface area contributed by atoms with Crippen molar-refractivity contribution in [2.24, 2.45) is 0 Å². The van der Waals surface area contributed by atoms with E-state index < -0.39 is 51.9 Å². The highest BCUT2D eigenvalue weighted by Gasteiger charge is 2.45. The summed E-state index contributed by atoms with van der Waals surface area (Å²) in [6.07, 6.45) is 1.61. The lowest BCUT2D eigenvalue weighted by Crippen LogP contribution is -2.28. The van der Waals surface area contributed by atoms with Crippen molar-refractivity contribution in [1.82, 2.24) is 39.0 Å². The number of ether oxygens (including phenoxy) is 2. The average molecular weight is 626 g/mol. The topological polar surface area (TPSA) is 229 Å². The summed E-state index contributed by atoms with van der Waals surface area (Å²) in [5.41, 5.74) is 13.4. The molecule has 1 unspecified atom stereocenters. The first-order chi connectivity index (χ1) is 19.8. The van der Waals surface area contributed by atoms with Crippen LogP contribution >= 0.6 is 27.3 Å². The summed E-state index contributed by atoms with van der Waals surface area (Å²) in [6.45, 7) is -4.26. The third-order valence-electron chi connectivity index (χ3n) is 6.99. The van der Waals surface area contributed by atoms with Crippen molar-refractivity contribution < 1.29 is 36.7 Å². The number of fused-ring (bicyclic) bond motifs is 5. The zero-order valence-corrected chi connectivity index (χ0v) is 23.8. The Balaban J connectivity index is 1.14. The molecule has 0 aliphatic carbocycles. The maximum Gasteiger partial charge on any atom is 0.386 e. The Morgan fingerprint density at radius 2 is 1.56 bits per heavy atom. The van der Waals surface area contributed by atoms with Crippen LogP contribution in [-0.4, -0.2) is 76.7 Å². The van der Waals surface area contributed by atoms with E-state index in [0.717, 1.165) is 0 Å². The van der Waals surface area contributed by atoms with Crippen LogP contribution in [0.2, 0.25) is 0 Å². The molecule has 2 bridgehead atoms. The molecular weight excluding hydrogens is 602 g/mol. The summed E-state index contributed by atoms with van der Waals surface area (Å²) < 4.78 is 64.7. The smallest absolute Gasteiger partial charge is 0.382 e. The molecule has 7 rings (SSSR count). The summed E-state index contributed by atoms with van der Waals surface area (Å²) in [5, 5.41) is 0. The fourth-order valence-electron chi connectivity index (χ4n) is 5.13. The fraction of sp³-hybridized carbons (Fsp3) is 0.500.